The van der Waals surface area contributed by atoms with Crippen LogP contribution in [0.5, 0.6) is 0 Å². The second kappa shape index (κ2) is 23.2. The Morgan fingerprint density at radius 1 is 0.287 bits per heavy atom. The number of hydrogen-bond acceptors (Lipinski definition) is 5. The molecule has 4 nitrogen and oxygen atoms in total. The van der Waals surface area contributed by atoms with Crippen LogP contribution in [-0.4, -0.2) is 14.3 Å². The lowest BCUT2D eigenvalue weighted by atomic mass is 9.85. The fourth-order valence-corrected chi connectivity index (χ4v) is 18.5. The van der Waals surface area contributed by atoms with E-state index in [0.29, 0.717) is 0 Å². The van der Waals surface area contributed by atoms with Crippen molar-refractivity contribution in [2.24, 2.45) is 0 Å². The van der Waals surface area contributed by atoms with Gasteiger partial charge in [-0.15, -0.1) is 11.8 Å². The second-order valence-corrected chi connectivity index (χ2v) is 30.3. The Morgan fingerprint density at radius 3 is 1.16 bits per heavy atom. The third kappa shape index (κ3) is 9.67. The largest absolute Gasteiger partial charge is 0.456 e. The van der Waals surface area contributed by atoms with Crippen LogP contribution in [0, 0.1) is 6.92 Å². The van der Waals surface area contributed by atoms with E-state index in [1.165, 1.54) is 65.3 Å². The molecule has 0 atom stereocenters. The summed E-state index contributed by atoms with van der Waals surface area (Å²) in [6, 6.07) is 115. The van der Waals surface area contributed by atoms with Crippen molar-refractivity contribution >= 4 is 108 Å². The minimum atomic E-state index is -2.04. The predicted molar refractivity (Wildman–Crippen MR) is 402 cm³/mol. The summed E-state index contributed by atoms with van der Waals surface area (Å²) >= 11 is 1.80. The van der Waals surface area contributed by atoms with Crippen molar-refractivity contribution < 1.29 is 8.83 Å². The lowest BCUT2D eigenvalue weighted by Gasteiger charge is -2.28. The van der Waals surface area contributed by atoms with Gasteiger partial charge >= 0.3 is 0 Å². The molecule has 16 aromatic rings. The fraction of sp³-hybridized carbons (Fsp3) is 0.0455. The molecule has 6 heteroatoms. The number of rotatable bonds is 13. The summed E-state index contributed by atoms with van der Waals surface area (Å²) < 4.78 is 13.6. The molecular formula is C88H64N2O2SSi. The Bertz CT molecular complexity index is 5480. The first kappa shape index (κ1) is 56.8. The molecule has 0 fully saturated rings. The van der Waals surface area contributed by atoms with Gasteiger partial charge in [0, 0.05) is 71.7 Å². The zero-order valence-electron chi connectivity index (χ0n) is 52.6. The van der Waals surface area contributed by atoms with Crippen molar-refractivity contribution in [3.63, 3.8) is 0 Å². The minimum absolute atomic E-state index is 0.835. The highest BCUT2D eigenvalue weighted by Crippen LogP contribution is 2.51. The van der Waals surface area contributed by atoms with Crippen LogP contribution in [0.2, 0.25) is 13.1 Å². The van der Waals surface area contributed by atoms with Gasteiger partial charge in [0.25, 0.3) is 0 Å². The molecule has 94 heavy (non-hydrogen) atoms. The van der Waals surface area contributed by atoms with Crippen molar-refractivity contribution in [1.82, 2.24) is 0 Å². The molecule has 14 aromatic carbocycles. The van der Waals surface area contributed by atoms with E-state index in [4.69, 9.17) is 8.83 Å². The molecule has 0 aliphatic carbocycles. The van der Waals surface area contributed by atoms with Crippen molar-refractivity contribution in [3.05, 3.63) is 321 Å². The van der Waals surface area contributed by atoms with Crippen molar-refractivity contribution in [1.29, 1.82) is 0 Å². The number of thioether (sulfide) groups is 1. The Hall–Kier alpha value is -11.2. The zero-order chi connectivity index (χ0) is 63.0. The Labute approximate surface area is 553 Å². The molecular weight excluding hydrogens is 1180 g/mol. The normalized spacial score (nSPS) is 12.4. The van der Waals surface area contributed by atoms with E-state index < -0.39 is 8.07 Å². The van der Waals surface area contributed by atoms with Crippen molar-refractivity contribution in [2.45, 2.75) is 24.9 Å². The number of fused-ring (bicyclic) bond motifs is 9. The van der Waals surface area contributed by atoms with E-state index >= 15 is 0 Å². The Kier molecular flexibility index (Phi) is 14.0. The molecule has 448 valence electrons. The smallest absolute Gasteiger partial charge is 0.136 e. The maximum atomic E-state index is 6.80. The topological polar surface area (TPSA) is 32.8 Å². The molecule has 2 aromatic heterocycles. The number of furan rings is 2. The van der Waals surface area contributed by atoms with E-state index in [1.54, 1.807) is 11.8 Å². The van der Waals surface area contributed by atoms with Crippen LogP contribution >= 0.6 is 11.8 Å². The van der Waals surface area contributed by atoms with Gasteiger partial charge in [-0.05, 0) is 205 Å². The molecule has 1 aliphatic rings. The van der Waals surface area contributed by atoms with Gasteiger partial charge in [-0.2, -0.15) is 0 Å². The number of benzene rings is 14. The maximum Gasteiger partial charge on any atom is 0.136 e. The number of para-hydroxylation sites is 2. The molecule has 0 radical (unpaired) electrons. The molecule has 0 amide bonds. The SMILES string of the molecule is CSc1cc(N(c2ccc(-c3c(-c4ccc5oc6ccccc6c5c4-c4ccc(N(c5ccc(-c6ccccc6)cc5)c5ccc(-c6ccccc6)cc5)cc4)ccc4oc5ccccc5c34)cc2)c2ccc3c(c2)[Si](C)(C)c2ccccc2-3)ccc1-c1ccccc1C. The van der Waals surface area contributed by atoms with Gasteiger partial charge in [0.1, 0.15) is 30.4 Å². The first-order valence-corrected chi connectivity index (χ1v) is 36.5. The second-order valence-electron chi connectivity index (χ2n) is 25.1. The summed E-state index contributed by atoms with van der Waals surface area (Å²) in [5.41, 5.74) is 27.6. The highest BCUT2D eigenvalue weighted by atomic mass is 32.2. The van der Waals surface area contributed by atoms with Crippen molar-refractivity contribution in [3.8, 4) is 77.9 Å². The number of hydrogen-bond donors (Lipinski definition) is 0. The standard InChI is InChI=1S/C88H64N2O2SSi/c1-57-19-11-12-24-70(57)71-49-47-68(55-82(71)93-2)90(69-48-50-73-72-25-15-18-30-83(72)94(3,4)84(73)56-69)67-45-37-63(38-46-67)86-75(52-54-81-88(86)77-27-14-17-29-79(77)92-81)74-51-53-80-87(76-26-13-16-28-78(76)91-80)85(74)62-35-43-66(44-36-62)89(64-39-31-60(32-40-64)58-20-7-5-8-21-58)65-41-33-61(34-42-65)59-22-9-6-10-23-59/h5-56H,1-4H3. The van der Waals surface area contributed by atoms with Crippen LogP contribution in [-0.2, 0) is 0 Å². The third-order valence-corrected chi connectivity index (χ3v) is 23.7. The van der Waals surface area contributed by atoms with E-state index in [9.17, 15) is 0 Å². The fourth-order valence-electron chi connectivity index (χ4n) is 14.7. The van der Waals surface area contributed by atoms with E-state index in [-0.39, 0.29) is 0 Å². The lowest BCUT2D eigenvalue weighted by molar-refractivity contribution is 0.668. The van der Waals surface area contributed by atoms with Gasteiger partial charge < -0.3 is 18.6 Å². The van der Waals surface area contributed by atoms with Crippen molar-refractivity contribution in [2.75, 3.05) is 16.1 Å². The monoisotopic (exact) mass is 1240 g/mol. The first-order valence-electron chi connectivity index (χ1n) is 32.2. The molecule has 17 rings (SSSR count). The number of nitrogens with zero attached hydrogens (tertiary/aromatic N) is 2. The van der Waals surface area contributed by atoms with Crippen LogP contribution in [0.1, 0.15) is 5.56 Å². The lowest BCUT2D eigenvalue weighted by Crippen LogP contribution is -2.49. The van der Waals surface area contributed by atoms with Crippen LogP contribution in [0.3, 0.4) is 0 Å². The number of aryl methyl sites for hydroxylation is 1. The summed E-state index contributed by atoms with van der Waals surface area (Å²) in [5, 5.41) is 7.24. The van der Waals surface area contributed by atoms with Gasteiger partial charge in [-0.1, -0.05) is 219 Å². The molecule has 0 bridgehead atoms. The minimum Gasteiger partial charge on any atom is -0.456 e. The molecule has 1 aliphatic heterocycles. The molecule has 0 saturated heterocycles. The molecule has 0 saturated carbocycles. The van der Waals surface area contributed by atoms with Gasteiger partial charge in [-0.25, -0.2) is 0 Å². The quantitative estimate of drug-likeness (QED) is 0.0849. The maximum absolute atomic E-state index is 6.80. The van der Waals surface area contributed by atoms with Gasteiger partial charge in [0.2, 0.25) is 0 Å². The summed E-state index contributed by atoms with van der Waals surface area (Å²) in [6.07, 6.45) is 2.19. The summed E-state index contributed by atoms with van der Waals surface area (Å²) in [5.74, 6) is 0. The highest BCUT2D eigenvalue weighted by molar-refractivity contribution is 7.98. The first-order chi connectivity index (χ1) is 46.2. The number of anilines is 6. The highest BCUT2D eigenvalue weighted by Gasteiger charge is 2.38. The average Bonchev–Trinajstić information content (AvgIpc) is 1.53. The molecule has 3 heterocycles. The van der Waals surface area contributed by atoms with E-state index in [1.807, 2.05) is 0 Å². The van der Waals surface area contributed by atoms with Crippen LogP contribution in [0.4, 0.5) is 34.1 Å². The van der Waals surface area contributed by atoms with Crippen LogP contribution < -0.4 is 20.2 Å². The van der Waals surface area contributed by atoms with Gasteiger partial charge in [0.05, 0.1) is 0 Å². The molecule has 0 spiro atoms. The van der Waals surface area contributed by atoms with E-state index in [0.717, 1.165) is 111 Å². The van der Waals surface area contributed by atoms with Gasteiger partial charge in [-0.3, -0.25) is 0 Å². The summed E-state index contributed by atoms with van der Waals surface area (Å²) in [6.45, 7) is 7.21. The Balaban J connectivity index is 0.831. The summed E-state index contributed by atoms with van der Waals surface area (Å²) in [7, 11) is -2.04. The molecule has 0 unspecified atom stereocenters. The van der Waals surface area contributed by atoms with Crippen LogP contribution in [0.25, 0.3) is 122 Å². The summed E-state index contributed by atoms with van der Waals surface area (Å²) in [4.78, 5) is 6.05. The average molecular weight is 1240 g/mol. The van der Waals surface area contributed by atoms with E-state index in [2.05, 4.69) is 352 Å². The molecule has 0 N–H and O–H groups in total. The Morgan fingerprint density at radius 2 is 0.660 bits per heavy atom. The zero-order valence-corrected chi connectivity index (χ0v) is 54.5. The van der Waals surface area contributed by atoms with Crippen LogP contribution in [0.15, 0.2) is 329 Å². The van der Waals surface area contributed by atoms with Gasteiger partial charge in [0.15, 0.2) is 0 Å². The predicted octanol–water partition coefficient (Wildman–Crippen LogP) is 24.3. The third-order valence-electron chi connectivity index (χ3n) is 19.4.